The lowest BCUT2D eigenvalue weighted by atomic mass is 10.2. The van der Waals surface area contributed by atoms with Crippen LogP contribution < -0.4 is 0 Å². The second-order valence-electron chi connectivity index (χ2n) is 3.40. The van der Waals surface area contributed by atoms with Gasteiger partial charge >= 0.3 is 0 Å². The van der Waals surface area contributed by atoms with Crippen molar-refractivity contribution in [2.24, 2.45) is 0 Å². The summed E-state index contributed by atoms with van der Waals surface area (Å²) in [4.78, 5) is 22.3. The number of unbranched alkanes of at least 4 members (excludes halogenated alkanes) is 2. The number of hydrogen-bond donors (Lipinski definition) is 1. The molecule has 1 saturated heterocycles. The Balaban J connectivity index is 2.39. The van der Waals surface area contributed by atoms with Gasteiger partial charge in [-0.25, -0.2) is 0 Å². The highest BCUT2D eigenvalue weighted by atomic mass is 16.6. The first-order chi connectivity index (χ1) is 6.66. The summed E-state index contributed by atoms with van der Waals surface area (Å²) in [5.41, 5.74) is 0. The molecule has 1 N–H and O–H groups in total. The second kappa shape index (κ2) is 5.07. The fourth-order valence-electron chi connectivity index (χ4n) is 1.43. The van der Waals surface area contributed by atoms with E-state index in [0.717, 1.165) is 29.4 Å². The van der Waals surface area contributed by atoms with Gasteiger partial charge in [0, 0.05) is 19.4 Å². The van der Waals surface area contributed by atoms with Gasteiger partial charge in [-0.1, -0.05) is 24.9 Å². The van der Waals surface area contributed by atoms with Gasteiger partial charge < -0.3 is 0 Å². The topological polar surface area (TPSA) is 60.9 Å². The van der Waals surface area contributed by atoms with E-state index in [1.165, 1.54) is 0 Å². The molecule has 1 heterocycles. The molecule has 2 amide bonds. The van der Waals surface area contributed by atoms with E-state index in [9.17, 15) is 14.8 Å². The molecule has 1 fully saturated rings. The molecule has 0 aromatic heterocycles. The van der Waals surface area contributed by atoms with E-state index in [1.54, 1.807) is 0 Å². The highest BCUT2D eigenvalue weighted by Gasteiger charge is 2.33. The van der Waals surface area contributed by atoms with Crippen LogP contribution in [0.2, 0.25) is 0 Å². The van der Waals surface area contributed by atoms with Crippen molar-refractivity contribution in [1.82, 2.24) is 10.2 Å². The van der Waals surface area contributed by atoms with Crippen molar-refractivity contribution >= 4 is 11.8 Å². The summed E-state index contributed by atoms with van der Waals surface area (Å²) in [6.07, 6.45) is 3.22. The zero-order chi connectivity index (χ0) is 10.6. The van der Waals surface area contributed by atoms with Crippen LogP contribution in [0.25, 0.3) is 0 Å². The number of nitrogens with zero attached hydrogens (tertiary/aromatic N) is 2. The largest absolute Gasteiger partial charge is 0.294 e. The average Bonchev–Trinajstić information content (AvgIpc) is 2.46. The lowest BCUT2D eigenvalue weighted by molar-refractivity contribution is -0.231. The van der Waals surface area contributed by atoms with E-state index in [4.69, 9.17) is 0 Å². The smallest absolute Gasteiger partial charge is 0.246 e. The first-order valence-electron chi connectivity index (χ1n) is 4.99. The van der Waals surface area contributed by atoms with Crippen molar-refractivity contribution in [2.45, 2.75) is 39.0 Å². The second-order valence-corrected chi connectivity index (χ2v) is 3.40. The van der Waals surface area contributed by atoms with Crippen molar-refractivity contribution in [2.75, 3.05) is 6.54 Å². The van der Waals surface area contributed by atoms with Crippen LogP contribution in [0.3, 0.4) is 0 Å². The predicted molar refractivity (Wildman–Crippen MR) is 49.1 cm³/mol. The Morgan fingerprint density at radius 2 is 1.86 bits per heavy atom. The number of rotatable bonds is 5. The van der Waals surface area contributed by atoms with Gasteiger partial charge in [0.2, 0.25) is 11.8 Å². The molecule has 0 unspecified atom stereocenters. The van der Waals surface area contributed by atoms with Crippen molar-refractivity contribution in [3.63, 3.8) is 0 Å². The van der Waals surface area contributed by atoms with Crippen LogP contribution in [-0.2, 0) is 9.59 Å². The summed E-state index contributed by atoms with van der Waals surface area (Å²) in [7, 11) is 0. The van der Waals surface area contributed by atoms with Gasteiger partial charge in [-0.2, -0.15) is 5.01 Å². The van der Waals surface area contributed by atoms with Gasteiger partial charge in [0.25, 0.3) is 0 Å². The standard InChI is InChI=1S/C9H16N2O3/c1-2-3-4-7-10(14)11-8(12)5-6-9(11)13/h14H,2-7H2,1H3. The van der Waals surface area contributed by atoms with Gasteiger partial charge in [-0.05, 0) is 6.42 Å². The lowest BCUT2D eigenvalue weighted by Crippen LogP contribution is -2.44. The Labute approximate surface area is 83.2 Å². The van der Waals surface area contributed by atoms with Crippen molar-refractivity contribution in [1.29, 1.82) is 0 Å². The monoisotopic (exact) mass is 200 g/mol. The quantitative estimate of drug-likeness (QED) is 0.407. The minimum Gasteiger partial charge on any atom is -0.294 e. The number of amides is 2. The van der Waals surface area contributed by atoms with E-state index >= 15 is 0 Å². The Hall–Kier alpha value is -0.940. The molecule has 0 aromatic carbocycles. The molecule has 0 radical (unpaired) electrons. The molecule has 1 rings (SSSR count). The summed E-state index contributed by atoms with van der Waals surface area (Å²) in [5.74, 6) is -0.622. The van der Waals surface area contributed by atoms with Crippen LogP contribution in [0.5, 0.6) is 0 Å². The Morgan fingerprint density at radius 1 is 1.29 bits per heavy atom. The predicted octanol–water partition coefficient (Wildman–Crippen LogP) is 0.932. The van der Waals surface area contributed by atoms with E-state index in [2.05, 4.69) is 0 Å². The third-order valence-corrected chi connectivity index (χ3v) is 2.22. The molecule has 5 heteroatoms. The number of carbonyl (C=O) groups excluding carboxylic acids is 2. The van der Waals surface area contributed by atoms with Crippen molar-refractivity contribution in [3.05, 3.63) is 0 Å². The van der Waals surface area contributed by atoms with Gasteiger partial charge in [-0.15, -0.1) is 0 Å². The minimum absolute atomic E-state index is 0.212. The number of hydrogen-bond acceptors (Lipinski definition) is 4. The summed E-state index contributed by atoms with van der Waals surface area (Å²) in [6, 6.07) is 0. The maximum atomic E-state index is 11.2. The molecule has 80 valence electrons. The lowest BCUT2D eigenvalue weighted by Gasteiger charge is -2.23. The molecular weight excluding hydrogens is 184 g/mol. The summed E-state index contributed by atoms with van der Waals surface area (Å²) >= 11 is 0. The first kappa shape index (κ1) is 11.1. The van der Waals surface area contributed by atoms with E-state index in [-0.39, 0.29) is 24.7 Å². The maximum Gasteiger partial charge on any atom is 0.246 e. The van der Waals surface area contributed by atoms with Crippen LogP contribution in [0.1, 0.15) is 39.0 Å². The third kappa shape index (κ3) is 2.52. The molecule has 5 nitrogen and oxygen atoms in total. The van der Waals surface area contributed by atoms with Crippen LogP contribution in [0.4, 0.5) is 0 Å². The number of carbonyl (C=O) groups is 2. The summed E-state index contributed by atoms with van der Waals surface area (Å²) in [6.45, 7) is 2.39. The van der Waals surface area contributed by atoms with E-state index in [0.29, 0.717) is 6.54 Å². The Bertz CT molecular complexity index is 214. The molecule has 0 spiro atoms. The van der Waals surface area contributed by atoms with Gasteiger partial charge in [-0.3, -0.25) is 14.8 Å². The molecule has 0 atom stereocenters. The number of imide groups is 1. The van der Waals surface area contributed by atoms with Crippen LogP contribution >= 0.6 is 0 Å². The molecule has 0 bridgehead atoms. The van der Waals surface area contributed by atoms with Gasteiger partial charge in [0.05, 0.1) is 0 Å². The molecular formula is C9H16N2O3. The van der Waals surface area contributed by atoms with Gasteiger partial charge in [0.1, 0.15) is 0 Å². The summed E-state index contributed by atoms with van der Waals surface area (Å²) < 4.78 is 0. The Morgan fingerprint density at radius 3 is 2.36 bits per heavy atom. The number of hydrazine groups is 1. The van der Waals surface area contributed by atoms with Crippen molar-refractivity contribution in [3.8, 4) is 0 Å². The normalized spacial score (nSPS) is 17.2. The fourth-order valence-corrected chi connectivity index (χ4v) is 1.43. The van der Waals surface area contributed by atoms with Gasteiger partial charge in [0.15, 0.2) is 0 Å². The van der Waals surface area contributed by atoms with Crippen LogP contribution in [0.15, 0.2) is 0 Å². The van der Waals surface area contributed by atoms with E-state index < -0.39 is 0 Å². The maximum absolute atomic E-state index is 11.2. The zero-order valence-corrected chi connectivity index (χ0v) is 8.40. The molecule has 14 heavy (non-hydrogen) atoms. The minimum atomic E-state index is -0.311. The summed E-state index contributed by atoms with van der Waals surface area (Å²) in [5, 5.41) is 11.0. The highest BCUT2D eigenvalue weighted by molar-refractivity contribution is 6.01. The average molecular weight is 200 g/mol. The number of hydroxylamine groups is 1. The first-order valence-corrected chi connectivity index (χ1v) is 4.99. The zero-order valence-electron chi connectivity index (χ0n) is 8.40. The van der Waals surface area contributed by atoms with Crippen LogP contribution in [-0.4, -0.2) is 33.7 Å². The van der Waals surface area contributed by atoms with Crippen molar-refractivity contribution < 1.29 is 14.8 Å². The van der Waals surface area contributed by atoms with E-state index in [1.807, 2.05) is 6.92 Å². The molecule has 0 aliphatic carbocycles. The molecule has 0 aromatic rings. The molecule has 1 aliphatic heterocycles. The molecule has 0 saturated carbocycles. The Kier molecular flexibility index (Phi) is 4.03. The fraction of sp³-hybridized carbons (Fsp3) is 0.778. The SMILES string of the molecule is CCCCCN(O)N1C(=O)CCC1=O. The van der Waals surface area contributed by atoms with Crippen LogP contribution in [0, 0.1) is 0 Å². The highest BCUT2D eigenvalue weighted by Crippen LogP contribution is 2.13. The third-order valence-electron chi connectivity index (χ3n) is 2.22. The molecule has 1 aliphatic rings.